The molecule has 2 rings (SSSR count). The Morgan fingerprint density at radius 1 is 0.690 bits per heavy atom. The number of aryl methyl sites for hydroxylation is 1. The van der Waals surface area contributed by atoms with Crippen molar-refractivity contribution in [3.8, 4) is 0 Å². The predicted octanol–water partition coefficient (Wildman–Crippen LogP) is 7.99. The monoisotopic (exact) mass is 644 g/mol. The lowest BCUT2D eigenvalue weighted by molar-refractivity contribution is -0.453. The topological polar surface area (TPSA) is 46.5 Å². The smallest absolute Gasteiger partial charge is 0.460 e. The van der Waals surface area contributed by atoms with Gasteiger partial charge < -0.3 is 9.84 Å². The quantitative estimate of drug-likeness (QED) is 0.186. The first kappa shape index (κ1) is 35.8. The van der Waals surface area contributed by atoms with Gasteiger partial charge in [-0.2, -0.15) is 65.9 Å². The van der Waals surface area contributed by atoms with Crippen LogP contribution < -0.4 is 0 Å². The Balaban J connectivity index is 2.50. The maximum atomic E-state index is 14.7. The highest BCUT2D eigenvalue weighted by molar-refractivity contribution is 5.79. The Labute approximate surface area is 228 Å². The third kappa shape index (κ3) is 6.27. The summed E-state index contributed by atoms with van der Waals surface area (Å²) in [6.07, 6.45) is -12.2. The number of alkyl halides is 15. The molecule has 1 aliphatic rings. The number of rotatable bonds is 12. The summed E-state index contributed by atoms with van der Waals surface area (Å²) >= 11 is 0. The van der Waals surface area contributed by atoms with Gasteiger partial charge in [0.15, 0.2) is 5.60 Å². The Bertz CT molecular complexity index is 1070. The van der Waals surface area contributed by atoms with E-state index in [1.54, 1.807) is 0 Å². The predicted molar refractivity (Wildman–Crippen MR) is 113 cm³/mol. The van der Waals surface area contributed by atoms with Crippen LogP contribution in [0.15, 0.2) is 30.3 Å². The number of hydrogen-bond acceptors (Lipinski definition) is 3. The van der Waals surface area contributed by atoms with Crippen LogP contribution in [-0.4, -0.2) is 64.5 Å². The minimum atomic E-state index is -8.46. The molecule has 1 atom stereocenters. The molecule has 1 saturated carbocycles. The van der Waals surface area contributed by atoms with Crippen molar-refractivity contribution in [1.29, 1.82) is 0 Å². The summed E-state index contributed by atoms with van der Waals surface area (Å²) in [6, 6.07) is 6.71. The Hall–Kier alpha value is -2.40. The van der Waals surface area contributed by atoms with Gasteiger partial charge in [0.1, 0.15) is 6.10 Å². The lowest BCUT2D eigenvalue weighted by atomic mass is 9.83. The molecule has 42 heavy (non-hydrogen) atoms. The van der Waals surface area contributed by atoms with Gasteiger partial charge in [0.05, 0.1) is 6.42 Å². The lowest BCUT2D eigenvalue weighted by Crippen LogP contribution is -2.73. The maximum Gasteiger partial charge on any atom is 0.460 e. The van der Waals surface area contributed by atoms with Gasteiger partial charge in [-0.1, -0.05) is 36.8 Å². The Morgan fingerprint density at radius 2 is 1.14 bits per heavy atom. The van der Waals surface area contributed by atoms with Crippen molar-refractivity contribution in [2.75, 3.05) is 0 Å². The molecule has 1 aromatic rings. The number of aliphatic hydroxyl groups is 1. The lowest BCUT2D eigenvalue weighted by Gasteiger charge is -2.42. The first-order valence-electron chi connectivity index (χ1n) is 12.1. The Kier molecular flexibility index (Phi) is 9.88. The third-order valence-electron chi connectivity index (χ3n) is 6.78. The van der Waals surface area contributed by atoms with Gasteiger partial charge in [-0.3, -0.25) is 0 Å². The van der Waals surface area contributed by atoms with E-state index in [-0.39, 0.29) is 18.4 Å². The molecule has 3 nitrogen and oxygen atoms in total. The number of esters is 1. The van der Waals surface area contributed by atoms with Gasteiger partial charge in [0.2, 0.25) is 0 Å². The summed E-state index contributed by atoms with van der Waals surface area (Å²) in [5.74, 6) is -50.0. The number of ether oxygens (including phenoxy) is 1. The first-order valence-corrected chi connectivity index (χ1v) is 12.1. The summed E-state index contributed by atoms with van der Waals surface area (Å²) in [5, 5.41) is 10.7. The summed E-state index contributed by atoms with van der Waals surface area (Å²) in [7, 11) is 0. The Morgan fingerprint density at radius 3 is 1.62 bits per heavy atom. The van der Waals surface area contributed by atoms with Crippen LogP contribution in [0.5, 0.6) is 0 Å². The van der Waals surface area contributed by atoms with Crippen LogP contribution in [0.25, 0.3) is 0 Å². The molecule has 242 valence electrons. The van der Waals surface area contributed by atoms with Crippen LogP contribution in [0.4, 0.5) is 65.9 Å². The van der Waals surface area contributed by atoms with E-state index in [4.69, 9.17) is 4.74 Å². The minimum Gasteiger partial charge on any atom is -0.460 e. The van der Waals surface area contributed by atoms with E-state index in [9.17, 15) is 75.8 Å². The number of carbonyl (C=O) groups excluding carboxylic acids is 1. The second-order valence-corrected chi connectivity index (χ2v) is 9.93. The molecule has 0 amide bonds. The van der Waals surface area contributed by atoms with Gasteiger partial charge in [0.25, 0.3) is 0 Å². The van der Waals surface area contributed by atoms with Crippen LogP contribution in [0.2, 0.25) is 0 Å². The van der Waals surface area contributed by atoms with Crippen molar-refractivity contribution in [3.63, 3.8) is 0 Å². The van der Waals surface area contributed by atoms with Crippen molar-refractivity contribution in [2.45, 2.75) is 105 Å². The van der Waals surface area contributed by atoms with Crippen molar-refractivity contribution in [2.24, 2.45) is 0 Å². The number of carbonyl (C=O) groups is 1. The van der Waals surface area contributed by atoms with E-state index in [2.05, 4.69) is 0 Å². The average Bonchev–Trinajstić information content (AvgIpc) is 2.87. The molecule has 1 aliphatic carbocycles. The summed E-state index contributed by atoms with van der Waals surface area (Å²) in [5.41, 5.74) is -3.74. The van der Waals surface area contributed by atoms with E-state index in [0.29, 0.717) is 19.3 Å². The molecule has 0 bridgehead atoms. The van der Waals surface area contributed by atoms with Crippen molar-refractivity contribution >= 4 is 5.97 Å². The summed E-state index contributed by atoms with van der Waals surface area (Å²) < 4.78 is 209. The van der Waals surface area contributed by atoms with Crippen molar-refractivity contribution < 1.29 is 80.5 Å². The zero-order valence-electron chi connectivity index (χ0n) is 21.1. The molecule has 0 radical (unpaired) electrons. The zero-order chi connectivity index (χ0) is 32.6. The third-order valence-corrected chi connectivity index (χ3v) is 6.78. The highest BCUT2D eigenvalue weighted by Gasteiger charge is 2.93. The van der Waals surface area contributed by atoms with E-state index >= 15 is 0 Å². The molecule has 1 unspecified atom stereocenters. The molecule has 1 fully saturated rings. The standard InChI is InChI=1S/C24H23F15O3/c25-18(26,19(27,28)20(29,30)21(31,32)22(33,34)23(35,36)24(37,38)39)13-17(41,12-11-14-7-3-1-4-8-14)16(40)42-15-9-5-2-6-10-15/h1,3-4,7-8,15,41H,2,5-6,9-13H2. The van der Waals surface area contributed by atoms with E-state index < -0.39 is 78.6 Å². The maximum absolute atomic E-state index is 14.7. The van der Waals surface area contributed by atoms with Crippen LogP contribution >= 0.6 is 0 Å². The number of benzene rings is 1. The van der Waals surface area contributed by atoms with E-state index in [1.165, 1.54) is 30.3 Å². The van der Waals surface area contributed by atoms with Gasteiger partial charge in [-0.15, -0.1) is 0 Å². The normalized spacial score (nSPS) is 18.5. The largest absolute Gasteiger partial charge is 0.460 e. The fourth-order valence-corrected chi connectivity index (χ4v) is 4.18. The van der Waals surface area contributed by atoms with Gasteiger partial charge in [0, 0.05) is 0 Å². The average molecular weight is 644 g/mol. The molecule has 0 saturated heterocycles. The van der Waals surface area contributed by atoms with Crippen molar-refractivity contribution in [1.82, 2.24) is 0 Å². The summed E-state index contributed by atoms with van der Waals surface area (Å²) in [4.78, 5) is 12.7. The van der Waals surface area contributed by atoms with E-state index in [0.717, 1.165) is 0 Å². The molecule has 1 aromatic carbocycles. The van der Waals surface area contributed by atoms with E-state index in [1.807, 2.05) is 0 Å². The number of hydrogen-bond donors (Lipinski definition) is 1. The fraction of sp³-hybridized carbons (Fsp3) is 0.708. The molecular weight excluding hydrogens is 621 g/mol. The van der Waals surface area contributed by atoms with Crippen LogP contribution in [-0.2, 0) is 16.0 Å². The van der Waals surface area contributed by atoms with Gasteiger partial charge in [-0.05, 0) is 44.1 Å². The zero-order valence-corrected chi connectivity index (χ0v) is 21.1. The minimum absolute atomic E-state index is 0.0971. The highest BCUT2D eigenvalue weighted by Crippen LogP contribution is 2.63. The second kappa shape index (κ2) is 11.6. The fourth-order valence-electron chi connectivity index (χ4n) is 4.18. The van der Waals surface area contributed by atoms with Crippen LogP contribution in [0.3, 0.4) is 0 Å². The van der Waals surface area contributed by atoms with Gasteiger partial charge >= 0.3 is 47.7 Å². The molecule has 1 N–H and O–H groups in total. The van der Waals surface area contributed by atoms with Crippen molar-refractivity contribution in [3.05, 3.63) is 35.9 Å². The molecule has 0 spiro atoms. The molecular formula is C24H23F15O3. The van der Waals surface area contributed by atoms with Crippen LogP contribution in [0, 0.1) is 0 Å². The molecule has 0 aliphatic heterocycles. The highest BCUT2D eigenvalue weighted by atomic mass is 19.4. The molecule has 0 heterocycles. The first-order chi connectivity index (χ1) is 18.8. The van der Waals surface area contributed by atoms with Gasteiger partial charge in [-0.25, -0.2) is 4.79 Å². The second-order valence-electron chi connectivity index (χ2n) is 9.93. The SMILES string of the molecule is O=C(OC1CCCCC1)C(O)(CCc1ccccc1)CC(F)(F)C(F)(F)C(F)(F)C(F)(F)C(F)(F)C(F)(F)C(F)(F)F. The molecule has 0 aromatic heterocycles. The number of halogens is 15. The summed E-state index contributed by atoms with van der Waals surface area (Å²) in [6.45, 7) is 0. The van der Waals surface area contributed by atoms with Crippen LogP contribution in [0.1, 0.15) is 50.5 Å². The molecule has 18 heteroatoms.